The van der Waals surface area contributed by atoms with Gasteiger partial charge in [0.1, 0.15) is 22.5 Å². The fourth-order valence-electron chi connectivity index (χ4n) is 1.85. The van der Waals surface area contributed by atoms with Crippen molar-refractivity contribution in [1.29, 1.82) is 5.26 Å². The van der Waals surface area contributed by atoms with E-state index >= 15 is 0 Å². The molecule has 0 aliphatic rings. The van der Waals surface area contributed by atoms with Crippen LogP contribution in [0.25, 0.3) is 10.9 Å². The van der Waals surface area contributed by atoms with Gasteiger partial charge in [-0.15, -0.1) is 0 Å². The van der Waals surface area contributed by atoms with Gasteiger partial charge in [0, 0.05) is 11.1 Å². The van der Waals surface area contributed by atoms with E-state index < -0.39 is 0 Å². The van der Waals surface area contributed by atoms with Gasteiger partial charge in [0.05, 0.1) is 11.3 Å². The van der Waals surface area contributed by atoms with E-state index in [-0.39, 0.29) is 22.8 Å². The monoisotopic (exact) mass is 298 g/mol. The SMILES string of the molecule is CC(N)=C(C#N)C(=O)CSc1nc(C)nc2ccccc12. The lowest BCUT2D eigenvalue weighted by Crippen LogP contribution is -2.10. The molecule has 1 aromatic heterocycles. The molecule has 2 rings (SSSR count). The summed E-state index contributed by atoms with van der Waals surface area (Å²) in [5.74, 6) is 0.482. The van der Waals surface area contributed by atoms with Crippen molar-refractivity contribution in [2.24, 2.45) is 5.73 Å². The van der Waals surface area contributed by atoms with Gasteiger partial charge in [-0.2, -0.15) is 5.26 Å². The lowest BCUT2D eigenvalue weighted by atomic mass is 10.2. The van der Waals surface area contributed by atoms with Crippen molar-refractivity contribution in [3.63, 3.8) is 0 Å². The first-order chi connectivity index (χ1) is 10.0. The molecule has 6 heteroatoms. The van der Waals surface area contributed by atoms with Crippen LogP contribution in [0.15, 0.2) is 40.6 Å². The van der Waals surface area contributed by atoms with E-state index in [9.17, 15) is 4.79 Å². The van der Waals surface area contributed by atoms with Crippen molar-refractivity contribution in [1.82, 2.24) is 9.97 Å². The predicted octanol–water partition coefficient (Wildman–Crippen LogP) is 2.36. The van der Waals surface area contributed by atoms with Gasteiger partial charge < -0.3 is 5.73 Å². The fraction of sp³-hybridized carbons (Fsp3) is 0.200. The maximum absolute atomic E-state index is 12.0. The zero-order chi connectivity index (χ0) is 15.4. The summed E-state index contributed by atoms with van der Waals surface area (Å²) in [6.45, 7) is 3.36. The van der Waals surface area contributed by atoms with E-state index in [0.29, 0.717) is 5.82 Å². The Morgan fingerprint density at radius 3 is 2.76 bits per heavy atom. The molecule has 0 aliphatic heterocycles. The van der Waals surface area contributed by atoms with E-state index in [1.54, 1.807) is 6.92 Å². The summed E-state index contributed by atoms with van der Waals surface area (Å²) in [6.07, 6.45) is 0. The Kier molecular flexibility index (Phi) is 4.55. The molecule has 0 bridgehead atoms. The summed E-state index contributed by atoms with van der Waals surface area (Å²) in [5.41, 5.74) is 6.63. The Morgan fingerprint density at radius 2 is 2.10 bits per heavy atom. The molecule has 0 saturated carbocycles. The van der Waals surface area contributed by atoms with Gasteiger partial charge in [0.2, 0.25) is 0 Å². The average Bonchev–Trinajstić information content (AvgIpc) is 2.44. The molecule has 21 heavy (non-hydrogen) atoms. The summed E-state index contributed by atoms with van der Waals surface area (Å²) in [7, 11) is 0. The van der Waals surface area contributed by atoms with Crippen LogP contribution < -0.4 is 5.73 Å². The molecule has 0 fully saturated rings. The van der Waals surface area contributed by atoms with Crippen LogP contribution in [0.3, 0.4) is 0 Å². The minimum atomic E-state index is -0.289. The third-order valence-electron chi connectivity index (χ3n) is 2.81. The molecule has 0 saturated heterocycles. The standard InChI is InChI=1S/C15H14N4OS/c1-9(17)12(7-16)14(20)8-21-15-11-5-3-4-6-13(11)18-10(2)19-15/h3-6H,8,17H2,1-2H3. The Hall–Kier alpha value is -2.39. The first-order valence-electron chi connectivity index (χ1n) is 6.28. The number of benzene rings is 1. The van der Waals surface area contributed by atoms with Crippen LogP contribution in [0.5, 0.6) is 0 Å². The highest BCUT2D eigenvalue weighted by molar-refractivity contribution is 8.00. The number of rotatable bonds is 4. The number of hydrogen-bond acceptors (Lipinski definition) is 6. The van der Waals surface area contributed by atoms with Crippen LogP contribution in [0.1, 0.15) is 12.7 Å². The highest BCUT2D eigenvalue weighted by Crippen LogP contribution is 2.25. The van der Waals surface area contributed by atoms with Gasteiger partial charge in [-0.05, 0) is 19.9 Å². The Morgan fingerprint density at radius 1 is 1.38 bits per heavy atom. The minimum Gasteiger partial charge on any atom is -0.401 e. The second-order valence-corrected chi connectivity index (χ2v) is 5.44. The molecule has 0 spiro atoms. The van der Waals surface area contributed by atoms with E-state index in [1.165, 1.54) is 11.8 Å². The molecule has 2 aromatic rings. The fourth-order valence-corrected chi connectivity index (χ4v) is 2.78. The van der Waals surface area contributed by atoms with Gasteiger partial charge >= 0.3 is 0 Å². The number of hydrogen-bond donors (Lipinski definition) is 1. The van der Waals surface area contributed by atoms with Crippen LogP contribution in [0.2, 0.25) is 0 Å². The topological polar surface area (TPSA) is 92.7 Å². The Labute approximate surface area is 126 Å². The summed E-state index contributed by atoms with van der Waals surface area (Å²) in [6, 6.07) is 9.47. The summed E-state index contributed by atoms with van der Waals surface area (Å²) >= 11 is 1.29. The number of para-hydroxylation sites is 1. The average molecular weight is 298 g/mol. The van der Waals surface area contributed by atoms with Gasteiger partial charge in [0.25, 0.3) is 0 Å². The highest BCUT2D eigenvalue weighted by atomic mass is 32.2. The lowest BCUT2D eigenvalue weighted by Gasteiger charge is -2.06. The van der Waals surface area contributed by atoms with E-state index in [1.807, 2.05) is 37.3 Å². The lowest BCUT2D eigenvalue weighted by molar-refractivity contribution is -0.112. The second kappa shape index (κ2) is 6.37. The number of nitrogens with two attached hydrogens (primary N) is 1. The molecule has 0 amide bonds. The van der Waals surface area contributed by atoms with Crippen LogP contribution in [-0.4, -0.2) is 21.5 Å². The smallest absolute Gasteiger partial charge is 0.185 e. The molecule has 5 nitrogen and oxygen atoms in total. The Bertz CT molecular complexity index is 773. The first-order valence-corrected chi connectivity index (χ1v) is 7.27. The van der Waals surface area contributed by atoms with Crippen molar-refractivity contribution < 1.29 is 4.79 Å². The first kappa shape index (κ1) is 15.0. The molecule has 1 aromatic carbocycles. The number of thioether (sulfide) groups is 1. The second-order valence-electron chi connectivity index (χ2n) is 4.47. The zero-order valence-corrected chi connectivity index (χ0v) is 12.6. The van der Waals surface area contributed by atoms with Gasteiger partial charge in [-0.3, -0.25) is 4.79 Å². The van der Waals surface area contributed by atoms with Crippen molar-refractivity contribution in [2.75, 3.05) is 5.75 Å². The molecular weight excluding hydrogens is 284 g/mol. The summed E-state index contributed by atoms with van der Waals surface area (Å²) in [4.78, 5) is 20.7. The third-order valence-corrected chi connectivity index (χ3v) is 3.80. The zero-order valence-electron chi connectivity index (χ0n) is 11.8. The van der Waals surface area contributed by atoms with Crippen LogP contribution >= 0.6 is 11.8 Å². The molecule has 0 atom stereocenters. The number of aromatic nitrogens is 2. The van der Waals surface area contributed by atoms with Crippen molar-refractivity contribution >= 4 is 28.4 Å². The molecule has 106 valence electrons. The number of fused-ring (bicyclic) bond motifs is 1. The number of aryl methyl sites for hydroxylation is 1. The van der Waals surface area contributed by atoms with Crippen molar-refractivity contribution in [3.05, 3.63) is 41.4 Å². The largest absolute Gasteiger partial charge is 0.401 e. The van der Waals surface area contributed by atoms with E-state index in [0.717, 1.165) is 15.9 Å². The minimum absolute atomic E-state index is 0.0117. The number of Topliss-reactive ketones (excluding diaryl/α,β-unsaturated/α-hetero) is 1. The number of nitrogens with zero attached hydrogens (tertiary/aromatic N) is 3. The number of ketones is 1. The van der Waals surface area contributed by atoms with Gasteiger partial charge in [0.15, 0.2) is 5.78 Å². The Balaban J connectivity index is 2.28. The normalized spacial score (nSPS) is 11.9. The quantitative estimate of drug-likeness (QED) is 0.403. The maximum atomic E-state index is 12.0. The number of nitriles is 1. The molecule has 0 unspecified atom stereocenters. The number of carbonyl (C=O) groups is 1. The van der Waals surface area contributed by atoms with Crippen LogP contribution in [0.4, 0.5) is 0 Å². The number of carbonyl (C=O) groups excluding carboxylic acids is 1. The van der Waals surface area contributed by atoms with Crippen LogP contribution in [0, 0.1) is 18.3 Å². The maximum Gasteiger partial charge on any atom is 0.185 e. The molecule has 0 aliphatic carbocycles. The summed E-state index contributed by atoms with van der Waals surface area (Å²) < 4.78 is 0. The van der Waals surface area contributed by atoms with Gasteiger partial charge in [-0.25, -0.2) is 9.97 Å². The molecule has 0 radical (unpaired) electrons. The third kappa shape index (κ3) is 3.38. The van der Waals surface area contributed by atoms with E-state index in [2.05, 4.69) is 9.97 Å². The predicted molar refractivity (Wildman–Crippen MR) is 82.5 cm³/mol. The molecule has 2 N–H and O–H groups in total. The van der Waals surface area contributed by atoms with Crippen molar-refractivity contribution in [2.45, 2.75) is 18.9 Å². The van der Waals surface area contributed by atoms with E-state index in [4.69, 9.17) is 11.0 Å². The summed E-state index contributed by atoms with van der Waals surface area (Å²) in [5, 5.41) is 10.6. The van der Waals surface area contributed by atoms with Crippen molar-refractivity contribution in [3.8, 4) is 6.07 Å². The molecular formula is C15H14N4OS. The molecule has 1 heterocycles. The number of allylic oxidation sites excluding steroid dienone is 2. The highest BCUT2D eigenvalue weighted by Gasteiger charge is 2.14. The van der Waals surface area contributed by atoms with Crippen LogP contribution in [-0.2, 0) is 4.79 Å². The van der Waals surface area contributed by atoms with Gasteiger partial charge in [-0.1, -0.05) is 30.0 Å².